The third-order valence-electron chi connectivity index (χ3n) is 3.96. The van der Waals surface area contributed by atoms with Crippen LogP contribution < -0.4 is 5.32 Å². The summed E-state index contributed by atoms with van der Waals surface area (Å²) in [6.07, 6.45) is 3.30. The van der Waals surface area contributed by atoms with Crippen molar-refractivity contribution in [1.82, 2.24) is 15.1 Å². The molecule has 1 unspecified atom stereocenters. The highest BCUT2D eigenvalue weighted by atomic mass is 16.1. The smallest absolute Gasteiger partial charge is 0.146 e. The minimum atomic E-state index is -0.183. The minimum absolute atomic E-state index is 0.183. The molecule has 0 aromatic carbocycles. The van der Waals surface area contributed by atoms with Gasteiger partial charge in [0.2, 0.25) is 0 Å². The van der Waals surface area contributed by atoms with E-state index in [0.29, 0.717) is 18.1 Å². The zero-order valence-electron chi connectivity index (χ0n) is 10.9. The predicted octanol–water partition coefficient (Wildman–Crippen LogP) is 1.17. The first-order valence-corrected chi connectivity index (χ1v) is 6.27. The van der Waals surface area contributed by atoms with E-state index in [2.05, 4.69) is 24.3 Å². The van der Waals surface area contributed by atoms with Crippen LogP contribution in [0.2, 0.25) is 0 Å². The maximum absolute atomic E-state index is 12.5. The number of carbonyl (C=O) groups excluding carboxylic acids is 1. The highest BCUT2D eigenvalue weighted by Gasteiger charge is 2.43. The Kier molecular flexibility index (Phi) is 3.33. The molecule has 0 aliphatic carbocycles. The van der Waals surface area contributed by atoms with Gasteiger partial charge in [0.1, 0.15) is 5.78 Å². The van der Waals surface area contributed by atoms with Crippen LogP contribution in [0, 0.1) is 11.3 Å². The second kappa shape index (κ2) is 4.61. The van der Waals surface area contributed by atoms with Crippen LogP contribution in [0.4, 0.5) is 0 Å². The van der Waals surface area contributed by atoms with Gasteiger partial charge >= 0.3 is 0 Å². The molecule has 1 aliphatic heterocycles. The first-order valence-electron chi connectivity index (χ1n) is 6.27. The van der Waals surface area contributed by atoms with Gasteiger partial charge in [-0.05, 0) is 24.9 Å². The molecule has 2 heterocycles. The summed E-state index contributed by atoms with van der Waals surface area (Å²) in [6.45, 7) is 6.05. The molecular weight excluding hydrogens is 214 g/mol. The zero-order valence-corrected chi connectivity index (χ0v) is 10.9. The van der Waals surface area contributed by atoms with Crippen molar-refractivity contribution in [3.63, 3.8) is 0 Å². The van der Waals surface area contributed by atoms with Gasteiger partial charge in [-0.1, -0.05) is 13.8 Å². The van der Waals surface area contributed by atoms with Gasteiger partial charge in [0.15, 0.2) is 0 Å². The molecule has 0 radical (unpaired) electrons. The molecule has 4 nitrogen and oxygen atoms in total. The number of aryl methyl sites for hydroxylation is 1. The standard InChI is InChI=1S/C13H21N3O/c1-10(2)13(5-6-14-9-13)12(17)8-11-4-7-16(3)15-11/h4,7,10,14H,5-6,8-9H2,1-3H3. The Labute approximate surface area is 102 Å². The number of hydrogen-bond acceptors (Lipinski definition) is 3. The van der Waals surface area contributed by atoms with Crippen molar-refractivity contribution < 1.29 is 4.79 Å². The van der Waals surface area contributed by atoms with Crippen LogP contribution in [0.1, 0.15) is 26.0 Å². The lowest BCUT2D eigenvalue weighted by molar-refractivity contribution is -0.129. The van der Waals surface area contributed by atoms with E-state index in [1.165, 1.54) is 0 Å². The highest BCUT2D eigenvalue weighted by Crippen LogP contribution is 2.35. The van der Waals surface area contributed by atoms with Crippen LogP contribution in [-0.4, -0.2) is 28.7 Å². The fourth-order valence-electron chi connectivity index (χ4n) is 2.66. The molecule has 4 heteroatoms. The van der Waals surface area contributed by atoms with E-state index in [0.717, 1.165) is 25.2 Å². The lowest BCUT2D eigenvalue weighted by atomic mass is 9.72. The Morgan fingerprint density at radius 2 is 2.41 bits per heavy atom. The van der Waals surface area contributed by atoms with Gasteiger partial charge in [0, 0.05) is 25.2 Å². The van der Waals surface area contributed by atoms with Crippen molar-refractivity contribution >= 4 is 5.78 Å². The zero-order chi connectivity index (χ0) is 12.5. The number of nitrogens with zero attached hydrogens (tertiary/aromatic N) is 2. The first kappa shape index (κ1) is 12.3. The Bertz CT molecular complexity index is 403. The van der Waals surface area contributed by atoms with Crippen LogP contribution in [0.5, 0.6) is 0 Å². The molecule has 17 heavy (non-hydrogen) atoms. The average molecular weight is 235 g/mol. The molecule has 1 atom stereocenters. The summed E-state index contributed by atoms with van der Waals surface area (Å²) in [7, 11) is 1.88. The third-order valence-corrected chi connectivity index (χ3v) is 3.96. The number of hydrogen-bond donors (Lipinski definition) is 1. The van der Waals surface area contributed by atoms with E-state index >= 15 is 0 Å². The van der Waals surface area contributed by atoms with E-state index < -0.39 is 0 Å². The molecule has 94 valence electrons. The number of Topliss-reactive ketones (excluding diaryl/α,β-unsaturated/α-hetero) is 1. The van der Waals surface area contributed by atoms with Crippen LogP contribution in [0.3, 0.4) is 0 Å². The molecule has 0 saturated carbocycles. The van der Waals surface area contributed by atoms with Gasteiger partial charge in [0.25, 0.3) is 0 Å². The monoisotopic (exact) mass is 235 g/mol. The summed E-state index contributed by atoms with van der Waals surface area (Å²) >= 11 is 0. The van der Waals surface area contributed by atoms with Crippen molar-refractivity contribution in [3.8, 4) is 0 Å². The van der Waals surface area contributed by atoms with E-state index in [1.54, 1.807) is 4.68 Å². The number of nitrogens with one attached hydrogen (secondary N) is 1. The van der Waals surface area contributed by atoms with Gasteiger partial charge in [0.05, 0.1) is 12.1 Å². The van der Waals surface area contributed by atoms with Crippen molar-refractivity contribution in [1.29, 1.82) is 0 Å². The number of rotatable bonds is 4. The Morgan fingerprint density at radius 3 is 2.88 bits per heavy atom. The van der Waals surface area contributed by atoms with Gasteiger partial charge < -0.3 is 5.32 Å². The second-order valence-corrected chi connectivity index (χ2v) is 5.32. The Balaban J connectivity index is 2.12. The largest absolute Gasteiger partial charge is 0.316 e. The minimum Gasteiger partial charge on any atom is -0.316 e. The van der Waals surface area contributed by atoms with Crippen LogP contribution in [0.15, 0.2) is 12.3 Å². The fraction of sp³-hybridized carbons (Fsp3) is 0.692. The van der Waals surface area contributed by atoms with Gasteiger partial charge in [-0.3, -0.25) is 9.48 Å². The summed E-state index contributed by atoms with van der Waals surface area (Å²) in [5, 5.41) is 7.61. The van der Waals surface area contributed by atoms with Gasteiger partial charge in [-0.15, -0.1) is 0 Å². The molecule has 2 rings (SSSR count). The predicted molar refractivity (Wildman–Crippen MR) is 66.7 cm³/mol. The van der Waals surface area contributed by atoms with Crippen LogP contribution >= 0.6 is 0 Å². The quantitative estimate of drug-likeness (QED) is 0.852. The lowest BCUT2D eigenvalue weighted by Crippen LogP contribution is -2.39. The summed E-state index contributed by atoms with van der Waals surface area (Å²) < 4.78 is 1.75. The van der Waals surface area contributed by atoms with Crippen molar-refractivity contribution in [2.24, 2.45) is 18.4 Å². The number of aromatic nitrogens is 2. The SMILES string of the molecule is CC(C)C1(C(=O)Cc2ccn(C)n2)CCNC1. The molecule has 1 saturated heterocycles. The molecule has 1 aromatic heterocycles. The summed E-state index contributed by atoms with van der Waals surface area (Å²) in [6, 6.07) is 1.92. The summed E-state index contributed by atoms with van der Waals surface area (Å²) in [4.78, 5) is 12.5. The lowest BCUT2D eigenvalue weighted by Gasteiger charge is -2.30. The summed E-state index contributed by atoms with van der Waals surface area (Å²) in [5.41, 5.74) is 0.696. The molecule has 1 aliphatic rings. The van der Waals surface area contributed by atoms with Crippen molar-refractivity contribution in [2.75, 3.05) is 13.1 Å². The van der Waals surface area contributed by atoms with E-state index in [4.69, 9.17) is 0 Å². The molecule has 0 spiro atoms. The normalized spacial score (nSPS) is 24.5. The van der Waals surface area contributed by atoms with E-state index in [-0.39, 0.29) is 5.41 Å². The summed E-state index contributed by atoms with van der Waals surface area (Å²) in [5.74, 6) is 0.713. The number of ketones is 1. The average Bonchev–Trinajstić information content (AvgIpc) is 2.87. The second-order valence-electron chi connectivity index (χ2n) is 5.32. The molecule has 1 aromatic rings. The van der Waals surface area contributed by atoms with Gasteiger partial charge in [-0.25, -0.2) is 0 Å². The van der Waals surface area contributed by atoms with Crippen LogP contribution in [0.25, 0.3) is 0 Å². The van der Waals surface area contributed by atoms with Crippen molar-refractivity contribution in [3.05, 3.63) is 18.0 Å². The van der Waals surface area contributed by atoms with Gasteiger partial charge in [-0.2, -0.15) is 5.10 Å². The molecule has 0 bridgehead atoms. The third kappa shape index (κ3) is 2.27. The molecule has 1 fully saturated rings. The Hall–Kier alpha value is -1.16. The molecular formula is C13H21N3O. The van der Waals surface area contributed by atoms with Crippen molar-refractivity contribution in [2.45, 2.75) is 26.7 Å². The topological polar surface area (TPSA) is 46.9 Å². The van der Waals surface area contributed by atoms with E-state index in [9.17, 15) is 4.79 Å². The van der Waals surface area contributed by atoms with E-state index in [1.807, 2.05) is 19.3 Å². The maximum atomic E-state index is 12.5. The highest BCUT2D eigenvalue weighted by molar-refractivity contribution is 5.87. The molecule has 0 amide bonds. The fourth-order valence-corrected chi connectivity index (χ4v) is 2.66. The first-order chi connectivity index (χ1) is 8.04. The Morgan fingerprint density at radius 1 is 1.65 bits per heavy atom. The number of carbonyl (C=O) groups is 1. The molecule has 1 N–H and O–H groups in total. The maximum Gasteiger partial charge on any atom is 0.146 e. The van der Waals surface area contributed by atoms with Crippen LogP contribution in [-0.2, 0) is 18.3 Å².